The van der Waals surface area contributed by atoms with Crippen LogP contribution in [0.2, 0.25) is 0 Å². The first-order valence-corrected chi connectivity index (χ1v) is 4.91. The Kier molecular flexibility index (Phi) is 3.00. The van der Waals surface area contributed by atoms with E-state index in [4.69, 9.17) is 4.42 Å². The molecule has 0 aromatic carbocycles. The fourth-order valence-electron chi connectivity index (χ4n) is 1.68. The molecule has 1 atom stereocenters. The normalized spacial score (nSPS) is 22.3. The van der Waals surface area contributed by atoms with Gasteiger partial charge in [0.1, 0.15) is 5.76 Å². The van der Waals surface area contributed by atoms with Crippen LogP contribution in [-0.4, -0.2) is 25.7 Å². The smallest absolute Gasteiger partial charge is 0.105 e. The minimum atomic E-state index is 0.662. The quantitative estimate of drug-likeness (QED) is 0.718. The van der Waals surface area contributed by atoms with Gasteiger partial charge in [0.25, 0.3) is 0 Å². The third kappa shape index (κ3) is 2.57. The van der Waals surface area contributed by atoms with E-state index in [9.17, 15) is 0 Å². The molecule has 3 nitrogen and oxygen atoms in total. The van der Waals surface area contributed by atoms with Crippen LogP contribution in [0.4, 0.5) is 0 Å². The van der Waals surface area contributed by atoms with Crippen molar-refractivity contribution in [3.05, 3.63) is 24.2 Å². The summed E-state index contributed by atoms with van der Waals surface area (Å²) in [6.07, 6.45) is 3.97. The maximum Gasteiger partial charge on any atom is 0.105 e. The molecular formula is C10H16N2O. The molecule has 13 heavy (non-hydrogen) atoms. The molecule has 2 rings (SSSR count). The zero-order chi connectivity index (χ0) is 8.93. The molecule has 0 aliphatic carbocycles. The van der Waals surface area contributed by atoms with Gasteiger partial charge in [0.15, 0.2) is 0 Å². The summed E-state index contributed by atoms with van der Waals surface area (Å²) in [5, 5.41) is 6.83. The Balaban J connectivity index is 1.63. The molecule has 1 aromatic rings. The maximum atomic E-state index is 5.24. The number of hydrogen-bond acceptors (Lipinski definition) is 3. The summed E-state index contributed by atoms with van der Waals surface area (Å²) < 4.78 is 5.24. The molecule has 0 amide bonds. The van der Waals surface area contributed by atoms with Crippen LogP contribution >= 0.6 is 0 Å². The molecule has 2 heterocycles. The van der Waals surface area contributed by atoms with Gasteiger partial charge in [-0.05, 0) is 25.1 Å². The standard InChI is InChI=1S/C10H16N2O/c1-2-10(13-7-1)4-6-12-9-3-5-11-8-9/h1-2,7,9,11-12H,3-6,8H2. The number of furan rings is 1. The van der Waals surface area contributed by atoms with Gasteiger partial charge in [-0.2, -0.15) is 0 Å². The van der Waals surface area contributed by atoms with E-state index >= 15 is 0 Å². The van der Waals surface area contributed by atoms with Crippen LogP contribution in [-0.2, 0) is 6.42 Å². The predicted octanol–water partition coefficient (Wildman–Crippen LogP) is 0.774. The van der Waals surface area contributed by atoms with Crippen molar-refractivity contribution in [2.24, 2.45) is 0 Å². The Labute approximate surface area is 78.5 Å². The van der Waals surface area contributed by atoms with Crippen molar-refractivity contribution in [2.75, 3.05) is 19.6 Å². The van der Waals surface area contributed by atoms with Crippen molar-refractivity contribution < 1.29 is 4.42 Å². The summed E-state index contributed by atoms with van der Waals surface area (Å²) in [7, 11) is 0. The Morgan fingerprint density at radius 1 is 1.62 bits per heavy atom. The van der Waals surface area contributed by atoms with Crippen molar-refractivity contribution in [1.82, 2.24) is 10.6 Å². The Morgan fingerprint density at radius 3 is 3.31 bits per heavy atom. The molecule has 72 valence electrons. The van der Waals surface area contributed by atoms with Gasteiger partial charge in [-0.15, -0.1) is 0 Å². The van der Waals surface area contributed by atoms with Crippen molar-refractivity contribution in [3.63, 3.8) is 0 Å². The average molecular weight is 180 g/mol. The van der Waals surface area contributed by atoms with E-state index in [0.29, 0.717) is 6.04 Å². The monoisotopic (exact) mass is 180 g/mol. The molecule has 0 spiro atoms. The molecule has 1 aliphatic rings. The third-order valence-corrected chi connectivity index (χ3v) is 2.44. The predicted molar refractivity (Wildman–Crippen MR) is 51.7 cm³/mol. The molecule has 2 N–H and O–H groups in total. The number of nitrogens with one attached hydrogen (secondary N) is 2. The van der Waals surface area contributed by atoms with Crippen molar-refractivity contribution >= 4 is 0 Å². The van der Waals surface area contributed by atoms with Crippen LogP contribution < -0.4 is 10.6 Å². The zero-order valence-electron chi connectivity index (χ0n) is 7.75. The summed E-state index contributed by atoms with van der Waals surface area (Å²) in [5.41, 5.74) is 0. The lowest BCUT2D eigenvalue weighted by Crippen LogP contribution is -2.32. The van der Waals surface area contributed by atoms with E-state index in [2.05, 4.69) is 10.6 Å². The number of rotatable bonds is 4. The van der Waals surface area contributed by atoms with E-state index in [0.717, 1.165) is 31.8 Å². The summed E-state index contributed by atoms with van der Waals surface area (Å²) in [6, 6.07) is 4.62. The van der Waals surface area contributed by atoms with Crippen LogP contribution in [0.25, 0.3) is 0 Å². The van der Waals surface area contributed by atoms with Crippen molar-refractivity contribution in [2.45, 2.75) is 18.9 Å². The Bertz CT molecular complexity index is 227. The summed E-state index contributed by atoms with van der Waals surface area (Å²) in [5.74, 6) is 1.07. The Hall–Kier alpha value is -0.800. The lowest BCUT2D eigenvalue weighted by atomic mass is 10.2. The zero-order valence-corrected chi connectivity index (χ0v) is 7.75. The molecule has 1 aliphatic heterocycles. The summed E-state index contributed by atoms with van der Waals surface area (Å²) in [6.45, 7) is 3.27. The summed E-state index contributed by atoms with van der Waals surface area (Å²) in [4.78, 5) is 0. The summed E-state index contributed by atoms with van der Waals surface area (Å²) >= 11 is 0. The molecular weight excluding hydrogens is 164 g/mol. The van der Waals surface area contributed by atoms with Gasteiger partial charge >= 0.3 is 0 Å². The molecule has 1 aromatic heterocycles. The highest BCUT2D eigenvalue weighted by Gasteiger charge is 2.12. The van der Waals surface area contributed by atoms with Gasteiger partial charge in [-0.25, -0.2) is 0 Å². The average Bonchev–Trinajstić information content (AvgIpc) is 2.75. The molecule has 1 unspecified atom stereocenters. The highest BCUT2D eigenvalue weighted by molar-refractivity contribution is 4.98. The molecule has 3 heteroatoms. The van der Waals surface area contributed by atoms with Crippen molar-refractivity contribution in [3.8, 4) is 0 Å². The second-order valence-electron chi connectivity index (χ2n) is 3.47. The van der Waals surface area contributed by atoms with Gasteiger partial charge < -0.3 is 15.1 Å². The molecule has 0 saturated carbocycles. The van der Waals surface area contributed by atoms with Crippen LogP contribution in [0.15, 0.2) is 22.8 Å². The lowest BCUT2D eigenvalue weighted by Gasteiger charge is -2.09. The lowest BCUT2D eigenvalue weighted by molar-refractivity contribution is 0.481. The largest absolute Gasteiger partial charge is 0.469 e. The maximum absolute atomic E-state index is 5.24. The molecule has 1 fully saturated rings. The van der Waals surface area contributed by atoms with Gasteiger partial charge in [-0.1, -0.05) is 0 Å². The van der Waals surface area contributed by atoms with Gasteiger partial charge in [0.2, 0.25) is 0 Å². The van der Waals surface area contributed by atoms with Gasteiger partial charge in [0, 0.05) is 25.6 Å². The fraction of sp³-hybridized carbons (Fsp3) is 0.600. The highest BCUT2D eigenvalue weighted by Crippen LogP contribution is 2.01. The first-order chi connectivity index (χ1) is 6.45. The van der Waals surface area contributed by atoms with Crippen molar-refractivity contribution in [1.29, 1.82) is 0 Å². The number of hydrogen-bond donors (Lipinski definition) is 2. The van der Waals surface area contributed by atoms with Crippen LogP contribution in [0.5, 0.6) is 0 Å². The second kappa shape index (κ2) is 4.44. The van der Waals surface area contributed by atoms with E-state index in [1.165, 1.54) is 6.42 Å². The van der Waals surface area contributed by atoms with E-state index < -0.39 is 0 Å². The minimum Gasteiger partial charge on any atom is -0.469 e. The first-order valence-electron chi connectivity index (χ1n) is 4.91. The van der Waals surface area contributed by atoms with E-state index in [-0.39, 0.29) is 0 Å². The topological polar surface area (TPSA) is 37.2 Å². The Morgan fingerprint density at radius 2 is 2.62 bits per heavy atom. The van der Waals surface area contributed by atoms with Gasteiger partial charge in [0.05, 0.1) is 6.26 Å². The first kappa shape index (κ1) is 8.78. The van der Waals surface area contributed by atoms with Crippen LogP contribution in [0, 0.1) is 0 Å². The SMILES string of the molecule is c1coc(CCNC2CCNC2)c1. The van der Waals surface area contributed by atoms with Crippen LogP contribution in [0.3, 0.4) is 0 Å². The minimum absolute atomic E-state index is 0.662. The highest BCUT2D eigenvalue weighted by atomic mass is 16.3. The fourth-order valence-corrected chi connectivity index (χ4v) is 1.68. The van der Waals surface area contributed by atoms with E-state index in [1.54, 1.807) is 6.26 Å². The van der Waals surface area contributed by atoms with E-state index in [1.807, 2.05) is 12.1 Å². The third-order valence-electron chi connectivity index (χ3n) is 2.44. The molecule has 1 saturated heterocycles. The molecule has 0 radical (unpaired) electrons. The van der Waals surface area contributed by atoms with Gasteiger partial charge in [-0.3, -0.25) is 0 Å². The molecule has 0 bridgehead atoms. The van der Waals surface area contributed by atoms with Crippen LogP contribution in [0.1, 0.15) is 12.2 Å². The second-order valence-corrected chi connectivity index (χ2v) is 3.47.